The van der Waals surface area contributed by atoms with Crippen LogP contribution in [0.3, 0.4) is 0 Å². The van der Waals surface area contributed by atoms with Gasteiger partial charge in [-0.15, -0.1) is 0 Å². The van der Waals surface area contributed by atoms with E-state index in [1.807, 2.05) is 0 Å². The fourth-order valence-corrected chi connectivity index (χ4v) is 8.26. The normalized spacial score (nSPS) is 47.6. The highest BCUT2D eigenvalue weighted by Gasteiger charge is 2.59. The van der Waals surface area contributed by atoms with E-state index in [0.29, 0.717) is 0 Å². The third-order valence-electron chi connectivity index (χ3n) is 12.0. The minimum atomic E-state index is -3.10. The number of hydrogen-bond donors (Lipinski definition) is 17. The molecule has 1 unspecified atom stereocenters. The Hall–Kier alpha value is -2.51. The third-order valence-corrected chi connectivity index (χ3v) is 12.0. The molecule has 0 saturated carbocycles. The first kappa shape index (κ1) is 54.4. The molecule has 17 N–H and O–H groups in total. The largest absolute Gasteiger partial charge is 0.477 e. The predicted molar refractivity (Wildman–Crippen MR) is 204 cm³/mol. The van der Waals surface area contributed by atoms with Gasteiger partial charge < -0.3 is 130 Å². The lowest BCUT2D eigenvalue weighted by molar-refractivity contribution is -0.380. The molecule has 0 aromatic carbocycles. The topological polar surface area (TPSA) is 462 Å². The molecule has 5 aliphatic heterocycles. The summed E-state index contributed by atoms with van der Waals surface area (Å²) >= 11 is 0. The summed E-state index contributed by atoms with van der Waals surface area (Å²) in [6, 6.07) is -3.27. The fourth-order valence-electron chi connectivity index (χ4n) is 8.26. The van der Waals surface area contributed by atoms with Gasteiger partial charge in [-0.25, -0.2) is 4.79 Å². The van der Waals surface area contributed by atoms with E-state index >= 15 is 0 Å². The number of hydrogen-bond acceptors (Lipinski definition) is 26. The smallest absolute Gasteiger partial charge is 0.364 e. The maximum Gasteiger partial charge on any atom is 0.364 e. The first-order chi connectivity index (χ1) is 30.9. The second kappa shape index (κ2) is 22.5. The van der Waals surface area contributed by atoms with Crippen molar-refractivity contribution in [3.8, 4) is 0 Å². The Bertz CT molecular complexity index is 1620. The van der Waals surface area contributed by atoms with Gasteiger partial charge in [-0.3, -0.25) is 9.59 Å². The summed E-state index contributed by atoms with van der Waals surface area (Å²) in [5.41, 5.74) is 0. The number of carbonyl (C=O) groups excluding carboxylic acids is 2. The van der Waals surface area contributed by atoms with Crippen molar-refractivity contribution in [3.63, 3.8) is 0 Å². The Morgan fingerprint density at radius 1 is 0.636 bits per heavy atom. The van der Waals surface area contributed by atoms with E-state index in [9.17, 15) is 91.0 Å². The number of rotatable bonds is 16. The number of aliphatic hydroxyl groups excluding tert-OH is 14. The van der Waals surface area contributed by atoms with Crippen LogP contribution in [0.25, 0.3) is 0 Å². The number of carbonyl (C=O) groups is 3. The Labute approximate surface area is 374 Å². The van der Waals surface area contributed by atoms with E-state index in [1.54, 1.807) is 0 Å². The predicted octanol–water partition coefficient (Wildman–Crippen LogP) is -10.4. The second-order valence-electron chi connectivity index (χ2n) is 16.8. The molecule has 2 amide bonds. The minimum Gasteiger partial charge on any atom is -0.477 e. The average Bonchev–Trinajstić information content (AvgIpc) is 3.26. The SMILES string of the molecule is CC(=O)N[C@H]1[C@H](O[C@H]2[C@@H](O)[C@@H](CO[C@]3(C(=O)O)C[C@H](O[C@@H]4O[C@@H](C)[C@@H](O)[C@@H](O[C@@H]5O[C@@H](C)[C@@H](O)[C@@H](O)[C@@H]5O)[C@@H]4O)[C@@H](O)[C@H]([C@H](O)[C@H](O)CO)O3)OC(O)[C@@H]2NC(C)=O)O[C@H](CO)[C@@H](O)[C@@H]1O. The van der Waals surface area contributed by atoms with Crippen molar-refractivity contribution in [3.05, 3.63) is 0 Å². The molecule has 66 heavy (non-hydrogen) atoms. The van der Waals surface area contributed by atoms with Crippen LogP contribution < -0.4 is 10.6 Å². The Kier molecular flexibility index (Phi) is 18.6. The molecule has 5 heterocycles. The summed E-state index contributed by atoms with van der Waals surface area (Å²) < 4.78 is 50.9. The molecule has 5 fully saturated rings. The van der Waals surface area contributed by atoms with Gasteiger partial charge in [0.25, 0.3) is 5.79 Å². The molecule has 0 spiro atoms. The van der Waals surface area contributed by atoms with Gasteiger partial charge >= 0.3 is 5.97 Å². The van der Waals surface area contributed by atoms with Crippen molar-refractivity contribution in [1.82, 2.24) is 10.6 Å². The van der Waals surface area contributed by atoms with Crippen molar-refractivity contribution in [2.24, 2.45) is 0 Å². The van der Waals surface area contributed by atoms with Gasteiger partial charge in [0.15, 0.2) is 25.2 Å². The Morgan fingerprint density at radius 2 is 1.21 bits per heavy atom. The minimum absolute atomic E-state index is 0.757. The van der Waals surface area contributed by atoms with Crippen molar-refractivity contribution < 1.29 is 134 Å². The van der Waals surface area contributed by atoms with Gasteiger partial charge in [0.05, 0.1) is 38.1 Å². The standard InChI is InChI=1S/C37H62N2O27/c1-9-19(45)26(52)27(53)34(59-9)65-30-20(46)10(2)60-35(28(30)54)62-14-5-37(36(56)57,66-31(23(14)49)21(47)13(44)6-40)58-8-16-24(50)29(18(32(55)61-16)39-12(4)43)64-33-17(38-11(3)42)25(51)22(48)15(7-41)63-33/h9-10,13-35,40-41,44-55H,5-8H2,1-4H3,(H,38,42)(H,39,43)(H,56,57)/t9-,10-,13+,14-,15+,16+,17+,18+,19+,20+,21+,22+,23+,24-,25+,26+,27-,28-,29+,30+,31-,32?,33-,34-,35-,37+/m0/s1. The fraction of sp³-hybridized carbons (Fsp3) is 0.919. The van der Waals surface area contributed by atoms with Gasteiger partial charge in [-0.2, -0.15) is 0 Å². The lowest BCUT2D eigenvalue weighted by atomic mass is 9.90. The van der Waals surface area contributed by atoms with E-state index in [0.717, 1.165) is 13.8 Å². The van der Waals surface area contributed by atoms with E-state index in [2.05, 4.69) is 10.6 Å². The molecule has 0 aromatic heterocycles. The molecule has 0 bridgehead atoms. The lowest BCUT2D eigenvalue weighted by Crippen LogP contribution is -2.70. The Balaban J connectivity index is 1.42. The highest BCUT2D eigenvalue weighted by Crippen LogP contribution is 2.39. The van der Waals surface area contributed by atoms with Crippen LogP contribution in [0, 0.1) is 0 Å². The first-order valence-corrected chi connectivity index (χ1v) is 20.9. The van der Waals surface area contributed by atoms with Crippen LogP contribution in [-0.2, 0) is 57.0 Å². The van der Waals surface area contributed by atoms with Crippen molar-refractivity contribution >= 4 is 17.8 Å². The van der Waals surface area contributed by atoms with Crippen LogP contribution >= 0.6 is 0 Å². The molecule has 26 atom stereocenters. The third kappa shape index (κ3) is 11.6. The van der Waals surface area contributed by atoms with Crippen molar-refractivity contribution in [1.29, 1.82) is 0 Å². The van der Waals surface area contributed by atoms with E-state index < -0.39 is 203 Å². The zero-order valence-electron chi connectivity index (χ0n) is 35.9. The number of ether oxygens (including phenoxy) is 9. The maximum absolute atomic E-state index is 13.2. The molecule has 5 saturated heterocycles. The first-order valence-electron chi connectivity index (χ1n) is 20.9. The lowest BCUT2D eigenvalue weighted by Gasteiger charge is -2.50. The molecular formula is C37H62N2O27. The van der Waals surface area contributed by atoms with Crippen LogP contribution in [0.2, 0.25) is 0 Å². The molecule has 29 nitrogen and oxygen atoms in total. The van der Waals surface area contributed by atoms with Gasteiger partial charge in [0.2, 0.25) is 11.8 Å². The molecule has 29 heteroatoms. The van der Waals surface area contributed by atoms with Gasteiger partial charge in [0.1, 0.15) is 110 Å². The molecule has 0 radical (unpaired) electrons. The molecule has 382 valence electrons. The number of nitrogens with one attached hydrogen (secondary N) is 2. The number of aliphatic hydroxyl groups is 14. The Morgan fingerprint density at radius 3 is 1.79 bits per heavy atom. The molecule has 5 aliphatic rings. The van der Waals surface area contributed by atoms with Crippen LogP contribution in [0.15, 0.2) is 0 Å². The highest BCUT2D eigenvalue weighted by molar-refractivity contribution is 5.76. The van der Waals surface area contributed by atoms with E-state index in [1.165, 1.54) is 13.8 Å². The molecule has 0 aliphatic carbocycles. The van der Waals surface area contributed by atoms with Gasteiger partial charge in [0, 0.05) is 20.3 Å². The number of carboxylic acid groups (broad SMARTS) is 1. The monoisotopic (exact) mass is 966 g/mol. The summed E-state index contributed by atoms with van der Waals surface area (Å²) in [7, 11) is 0. The van der Waals surface area contributed by atoms with E-state index in [4.69, 9.17) is 42.6 Å². The number of carboxylic acids is 1. The van der Waals surface area contributed by atoms with Crippen molar-refractivity contribution in [2.75, 3.05) is 19.8 Å². The summed E-state index contributed by atoms with van der Waals surface area (Å²) in [5, 5.41) is 165. The molecular weight excluding hydrogens is 904 g/mol. The van der Waals surface area contributed by atoms with Crippen LogP contribution in [0.1, 0.15) is 34.1 Å². The quantitative estimate of drug-likeness (QED) is 0.0683. The van der Waals surface area contributed by atoms with Gasteiger partial charge in [-0.1, -0.05) is 0 Å². The second-order valence-corrected chi connectivity index (χ2v) is 16.8. The van der Waals surface area contributed by atoms with Gasteiger partial charge in [-0.05, 0) is 13.8 Å². The van der Waals surface area contributed by atoms with Crippen LogP contribution in [0.4, 0.5) is 0 Å². The summed E-state index contributed by atoms with van der Waals surface area (Å²) in [4.78, 5) is 37.5. The highest BCUT2D eigenvalue weighted by atomic mass is 16.8. The molecule has 5 rings (SSSR count). The van der Waals surface area contributed by atoms with Crippen LogP contribution in [0.5, 0.6) is 0 Å². The summed E-state index contributed by atoms with van der Waals surface area (Å²) in [5.74, 6) is -6.67. The maximum atomic E-state index is 13.2. The number of amides is 2. The summed E-state index contributed by atoms with van der Waals surface area (Å²) in [6.07, 6.45) is -43.6. The zero-order valence-corrected chi connectivity index (χ0v) is 35.9. The van der Waals surface area contributed by atoms with Crippen molar-refractivity contribution in [2.45, 2.75) is 193 Å². The average molecular weight is 967 g/mol. The summed E-state index contributed by atoms with van der Waals surface area (Å²) in [6.45, 7) is 1.54. The van der Waals surface area contributed by atoms with E-state index in [-0.39, 0.29) is 0 Å². The van der Waals surface area contributed by atoms with Crippen LogP contribution in [-0.4, -0.2) is 273 Å². The molecule has 0 aromatic rings. The number of aliphatic carboxylic acids is 1. The zero-order chi connectivity index (χ0) is 49.3.